The van der Waals surface area contributed by atoms with Crippen LogP contribution >= 0.6 is 0 Å². The summed E-state index contributed by atoms with van der Waals surface area (Å²) >= 11 is 0. The molecule has 0 bridgehead atoms. The number of hydrogen-bond donors (Lipinski definition) is 1. The lowest BCUT2D eigenvalue weighted by atomic mass is 10.4. The Labute approximate surface area is 110 Å². The van der Waals surface area contributed by atoms with Crippen LogP contribution in [0.25, 0.3) is 0 Å². The molecule has 2 aromatic rings. The molecule has 0 atom stereocenters. The maximum absolute atomic E-state index is 12.1. The first-order valence-electron chi connectivity index (χ1n) is 5.35. The molecule has 7 nitrogen and oxygen atoms in total. The molecule has 8 heteroatoms. The summed E-state index contributed by atoms with van der Waals surface area (Å²) in [6.07, 6.45) is 4.65. The molecule has 0 amide bonds. The Morgan fingerprint density at radius 1 is 1.53 bits per heavy atom. The molecular formula is C11H11N5O2S. The quantitative estimate of drug-likeness (QED) is 0.858. The van der Waals surface area contributed by atoms with Crippen molar-refractivity contribution in [1.82, 2.24) is 19.5 Å². The molecule has 1 N–H and O–H groups in total. The highest BCUT2D eigenvalue weighted by Crippen LogP contribution is 2.12. The van der Waals surface area contributed by atoms with Crippen LogP contribution in [0.4, 0.5) is 0 Å². The fourth-order valence-electron chi connectivity index (χ4n) is 1.51. The van der Waals surface area contributed by atoms with Crippen molar-refractivity contribution >= 4 is 10.0 Å². The molecule has 0 fully saturated rings. The number of sulfonamides is 1. The molecule has 0 aliphatic carbocycles. The average Bonchev–Trinajstić information content (AvgIpc) is 2.82. The highest BCUT2D eigenvalue weighted by molar-refractivity contribution is 7.89. The minimum absolute atomic E-state index is 0.107. The molecule has 19 heavy (non-hydrogen) atoms. The van der Waals surface area contributed by atoms with Gasteiger partial charge in [-0.15, -0.1) is 0 Å². The smallest absolute Gasteiger partial charge is 0.243 e. The van der Waals surface area contributed by atoms with Gasteiger partial charge in [0, 0.05) is 31.5 Å². The number of nitrogens with one attached hydrogen (secondary N) is 1. The zero-order valence-corrected chi connectivity index (χ0v) is 10.9. The monoisotopic (exact) mass is 277 g/mol. The van der Waals surface area contributed by atoms with E-state index in [0.717, 1.165) is 5.56 Å². The van der Waals surface area contributed by atoms with Gasteiger partial charge in [0.05, 0.1) is 6.20 Å². The predicted molar refractivity (Wildman–Crippen MR) is 66.2 cm³/mol. The van der Waals surface area contributed by atoms with Gasteiger partial charge in [-0.3, -0.25) is 4.68 Å². The lowest BCUT2D eigenvalue weighted by Crippen LogP contribution is -2.24. The number of hydrogen-bond acceptors (Lipinski definition) is 5. The number of aryl methyl sites for hydroxylation is 1. The van der Waals surface area contributed by atoms with E-state index in [2.05, 4.69) is 14.8 Å². The third kappa shape index (κ3) is 2.96. The molecule has 2 heterocycles. The number of aromatic nitrogens is 3. The number of nitriles is 1. The lowest BCUT2D eigenvalue weighted by molar-refractivity contribution is 0.580. The molecule has 2 aromatic heterocycles. The summed E-state index contributed by atoms with van der Waals surface area (Å²) in [6, 6.07) is 4.57. The van der Waals surface area contributed by atoms with Gasteiger partial charge in [-0.05, 0) is 12.1 Å². The highest BCUT2D eigenvalue weighted by atomic mass is 32.2. The maximum atomic E-state index is 12.1. The van der Waals surface area contributed by atoms with Gasteiger partial charge < -0.3 is 0 Å². The first kappa shape index (κ1) is 13.2. The molecule has 0 saturated carbocycles. The normalized spacial score (nSPS) is 11.2. The van der Waals surface area contributed by atoms with E-state index < -0.39 is 10.0 Å². The number of nitrogens with zero attached hydrogens (tertiary/aromatic N) is 4. The summed E-state index contributed by atoms with van der Waals surface area (Å²) in [4.78, 5) is 3.60. The van der Waals surface area contributed by atoms with Crippen molar-refractivity contribution in [2.45, 2.75) is 11.4 Å². The molecule has 0 saturated heterocycles. The Balaban J connectivity index is 2.21. The Kier molecular flexibility index (Phi) is 3.59. The van der Waals surface area contributed by atoms with Crippen molar-refractivity contribution in [3.63, 3.8) is 0 Å². The molecule has 2 rings (SSSR count). The zero-order chi connectivity index (χ0) is 13.9. The second-order valence-corrected chi connectivity index (χ2v) is 5.54. The van der Waals surface area contributed by atoms with Crippen molar-refractivity contribution in [2.75, 3.05) is 0 Å². The van der Waals surface area contributed by atoms with Crippen molar-refractivity contribution in [3.8, 4) is 6.07 Å². The molecular weight excluding hydrogens is 266 g/mol. The van der Waals surface area contributed by atoms with Gasteiger partial charge in [-0.1, -0.05) is 0 Å². The molecule has 0 radical (unpaired) electrons. The molecule has 0 aliphatic rings. The summed E-state index contributed by atoms with van der Waals surface area (Å²) in [6.45, 7) is 0.107. The summed E-state index contributed by atoms with van der Waals surface area (Å²) < 4.78 is 28.1. The van der Waals surface area contributed by atoms with Gasteiger partial charge in [0.15, 0.2) is 5.69 Å². The van der Waals surface area contributed by atoms with Crippen LogP contribution in [0.2, 0.25) is 0 Å². The predicted octanol–water partition coefficient (Wildman–Crippen LogP) is 0.165. The first-order chi connectivity index (χ1) is 9.03. The number of pyridine rings is 1. The van der Waals surface area contributed by atoms with Crippen molar-refractivity contribution < 1.29 is 8.42 Å². The third-order valence-corrected chi connectivity index (χ3v) is 3.82. The molecule has 98 valence electrons. The van der Waals surface area contributed by atoms with Crippen LogP contribution in [0.5, 0.6) is 0 Å². The van der Waals surface area contributed by atoms with Crippen LogP contribution in [0.15, 0.2) is 35.6 Å². The Morgan fingerprint density at radius 2 is 2.32 bits per heavy atom. The minimum atomic E-state index is -3.76. The second kappa shape index (κ2) is 5.17. The maximum Gasteiger partial charge on any atom is 0.243 e. The SMILES string of the molecule is Cn1cc(CNS(=O)(=O)c2cccnc2C#N)cn1. The Morgan fingerprint density at radius 3 is 2.95 bits per heavy atom. The van der Waals surface area contributed by atoms with E-state index >= 15 is 0 Å². The van der Waals surface area contributed by atoms with E-state index in [1.165, 1.54) is 18.3 Å². The van der Waals surface area contributed by atoms with Gasteiger partial charge >= 0.3 is 0 Å². The van der Waals surface area contributed by atoms with E-state index in [4.69, 9.17) is 5.26 Å². The van der Waals surface area contributed by atoms with E-state index in [9.17, 15) is 8.42 Å². The molecule has 0 aliphatic heterocycles. The summed E-state index contributed by atoms with van der Waals surface area (Å²) in [5, 5.41) is 12.8. The van der Waals surface area contributed by atoms with E-state index in [1.54, 1.807) is 30.2 Å². The first-order valence-corrected chi connectivity index (χ1v) is 6.83. The van der Waals surface area contributed by atoms with Crippen LogP contribution in [0.3, 0.4) is 0 Å². The summed E-state index contributed by atoms with van der Waals surface area (Å²) in [5.41, 5.74) is 0.606. The lowest BCUT2D eigenvalue weighted by Gasteiger charge is -2.06. The zero-order valence-electron chi connectivity index (χ0n) is 10.1. The van der Waals surface area contributed by atoms with Crippen molar-refractivity contribution in [1.29, 1.82) is 5.26 Å². The van der Waals surface area contributed by atoms with Gasteiger partial charge in [0.1, 0.15) is 11.0 Å². The summed E-state index contributed by atoms with van der Waals surface area (Å²) in [7, 11) is -2.02. The van der Waals surface area contributed by atoms with Gasteiger partial charge in [0.2, 0.25) is 10.0 Å². The van der Waals surface area contributed by atoms with E-state index in [-0.39, 0.29) is 17.1 Å². The highest BCUT2D eigenvalue weighted by Gasteiger charge is 2.18. The fraction of sp³-hybridized carbons (Fsp3) is 0.182. The van der Waals surface area contributed by atoms with Crippen LogP contribution in [0.1, 0.15) is 11.3 Å². The van der Waals surface area contributed by atoms with Crippen molar-refractivity contribution in [3.05, 3.63) is 42.0 Å². The van der Waals surface area contributed by atoms with Gasteiger partial charge in [-0.2, -0.15) is 10.4 Å². The minimum Gasteiger partial charge on any atom is -0.275 e. The van der Waals surface area contributed by atoms with E-state index in [1.807, 2.05) is 0 Å². The second-order valence-electron chi connectivity index (χ2n) is 3.81. The topological polar surface area (TPSA) is 101 Å². The van der Waals surface area contributed by atoms with Gasteiger partial charge in [0.25, 0.3) is 0 Å². The standard InChI is InChI=1S/C11H11N5O2S/c1-16-8-9(6-14-16)7-15-19(17,18)11-3-2-4-13-10(11)5-12/h2-4,6,8,15H,7H2,1H3. The average molecular weight is 277 g/mol. The third-order valence-electron chi connectivity index (χ3n) is 2.39. The van der Waals surface area contributed by atoms with Gasteiger partial charge in [-0.25, -0.2) is 18.1 Å². The Bertz CT molecular complexity index is 730. The summed E-state index contributed by atoms with van der Waals surface area (Å²) in [5.74, 6) is 0. The van der Waals surface area contributed by atoms with E-state index in [0.29, 0.717) is 0 Å². The molecule has 0 unspecified atom stereocenters. The fourth-order valence-corrected chi connectivity index (χ4v) is 2.63. The molecule has 0 aromatic carbocycles. The Hall–Kier alpha value is -2.24. The molecule has 0 spiro atoms. The van der Waals surface area contributed by atoms with Crippen LogP contribution in [-0.4, -0.2) is 23.2 Å². The van der Waals surface area contributed by atoms with Crippen LogP contribution < -0.4 is 4.72 Å². The largest absolute Gasteiger partial charge is 0.275 e. The van der Waals surface area contributed by atoms with Crippen molar-refractivity contribution in [2.24, 2.45) is 7.05 Å². The van der Waals surface area contributed by atoms with Crippen LogP contribution in [0, 0.1) is 11.3 Å². The van der Waals surface area contributed by atoms with Crippen LogP contribution in [-0.2, 0) is 23.6 Å². The number of rotatable bonds is 4.